The van der Waals surface area contributed by atoms with Gasteiger partial charge in [0.05, 0.1) is 0 Å². The predicted octanol–water partition coefficient (Wildman–Crippen LogP) is 4.54. The summed E-state index contributed by atoms with van der Waals surface area (Å²) in [6.07, 6.45) is 9.28. The van der Waals surface area contributed by atoms with Crippen molar-refractivity contribution in [2.75, 3.05) is 6.54 Å². The average molecular weight is 253 g/mol. The maximum Gasteiger partial charge on any atom is -0.00763 e. The molecule has 3 rings (SSSR count). The largest absolute Gasteiger partial charge is 0.330 e. The second-order valence-corrected chi connectivity index (χ2v) is 4.96. The van der Waals surface area contributed by atoms with Crippen molar-refractivity contribution >= 4 is 16.8 Å². The molecule has 0 spiro atoms. The van der Waals surface area contributed by atoms with E-state index in [-0.39, 0.29) is 0 Å². The fourth-order valence-electron chi connectivity index (χ4n) is 2.47. The standard InChI is InChI=1S/C13H10.C5H13N/c1-4-10-6-2-8-12-9-3-7-11(5-1)13(10)12;1-2-3-4-5-6/h1-8H,9H2;2-6H2,1H3. The minimum atomic E-state index is 0.855. The first kappa shape index (κ1) is 13.8. The lowest BCUT2D eigenvalue weighted by Crippen LogP contribution is -1.96. The van der Waals surface area contributed by atoms with Gasteiger partial charge in [-0.2, -0.15) is 0 Å². The summed E-state index contributed by atoms with van der Waals surface area (Å²) in [5.74, 6) is 0. The number of hydrogen-bond acceptors (Lipinski definition) is 1. The average Bonchev–Trinajstić information content (AvgIpc) is 2.47. The lowest BCUT2D eigenvalue weighted by molar-refractivity contribution is 0.727. The quantitative estimate of drug-likeness (QED) is 0.798. The first-order chi connectivity index (χ1) is 9.36. The maximum atomic E-state index is 5.21. The summed E-state index contributed by atoms with van der Waals surface area (Å²) in [6, 6.07) is 13.0. The van der Waals surface area contributed by atoms with Crippen LogP contribution in [0.3, 0.4) is 0 Å². The maximum absolute atomic E-state index is 5.21. The molecule has 0 atom stereocenters. The first-order valence-corrected chi connectivity index (χ1v) is 7.24. The van der Waals surface area contributed by atoms with E-state index in [0.29, 0.717) is 0 Å². The first-order valence-electron chi connectivity index (χ1n) is 7.24. The molecule has 0 bridgehead atoms. The van der Waals surface area contributed by atoms with Gasteiger partial charge in [-0.3, -0.25) is 0 Å². The molecule has 0 heterocycles. The number of unbranched alkanes of at least 4 members (excludes halogenated alkanes) is 2. The van der Waals surface area contributed by atoms with Crippen LogP contribution in [-0.4, -0.2) is 6.54 Å². The van der Waals surface area contributed by atoms with Crippen LogP contribution in [0.2, 0.25) is 0 Å². The van der Waals surface area contributed by atoms with Gasteiger partial charge in [-0.25, -0.2) is 0 Å². The number of nitrogens with two attached hydrogens (primary N) is 1. The van der Waals surface area contributed by atoms with Gasteiger partial charge in [0.15, 0.2) is 0 Å². The Morgan fingerprint density at radius 1 is 1.05 bits per heavy atom. The Balaban J connectivity index is 0.000000192. The van der Waals surface area contributed by atoms with Crippen molar-refractivity contribution in [3.63, 3.8) is 0 Å². The van der Waals surface area contributed by atoms with Crippen LogP contribution in [0.5, 0.6) is 0 Å². The SMILES string of the molecule is C1=Cc2cccc3cccc(c23)C1.CCCCCN. The normalized spacial score (nSPS) is 12.1. The molecular weight excluding hydrogens is 230 g/mol. The zero-order valence-electron chi connectivity index (χ0n) is 11.7. The summed E-state index contributed by atoms with van der Waals surface area (Å²) >= 11 is 0. The van der Waals surface area contributed by atoms with Crippen LogP contribution in [-0.2, 0) is 6.42 Å². The highest BCUT2D eigenvalue weighted by Gasteiger charge is 2.06. The van der Waals surface area contributed by atoms with Gasteiger partial charge >= 0.3 is 0 Å². The van der Waals surface area contributed by atoms with Gasteiger partial charge in [0.25, 0.3) is 0 Å². The van der Waals surface area contributed by atoms with Crippen LogP contribution in [0.4, 0.5) is 0 Å². The highest BCUT2D eigenvalue weighted by atomic mass is 14.5. The number of rotatable bonds is 3. The minimum Gasteiger partial charge on any atom is -0.330 e. The molecule has 0 saturated heterocycles. The molecule has 1 heteroatoms. The Morgan fingerprint density at radius 2 is 1.84 bits per heavy atom. The molecule has 0 amide bonds. The molecule has 0 unspecified atom stereocenters. The predicted molar refractivity (Wildman–Crippen MR) is 85.3 cm³/mol. The van der Waals surface area contributed by atoms with E-state index in [1.807, 2.05) is 0 Å². The van der Waals surface area contributed by atoms with E-state index < -0.39 is 0 Å². The topological polar surface area (TPSA) is 26.0 Å². The van der Waals surface area contributed by atoms with E-state index >= 15 is 0 Å². The molecule has 1 nitrogen and oxygen atoms in total. The van der Waals surface area contributed by atoms with Gasteiger partial charge < -0.3 is 5.73 Å². The van der Waals surface area contributed by atoms with Crippen molar-refractivity contribution < 1.29 is 0 Å². The molecule has 0 saturated carbocycles. The molecule has 0 aromatic heterocycles. The third kappa shape index (κ3) is 3.45. The number of hydrogen-bond donors (Lipinski definition) is 1. The van der Waals surface area contributed by atoms with Crippen molar-refractivity contribution in [3.8, 4) is 0 Å². The molecule has 2 aromatic rings. The Hall–Kier alpha value is -1.60. The summed E-state index contributed by atoms with van der Waals surface area (Å²) in [4.78, 5) is 0. The third-order valence-corrected chi connectivity index (χ3v) is 3.47. The lowest BCUT2D eigenvalue weighted by atomic mass is 9.93. The van der Waals surface area contributed by atoms with E-state index in [1.165, 1.54) is 41.2 Å². The number of allylic oxidation sites excluding steroid dienone is 1. The van der Waals surface area contributed by atoms with E-state index in [1.54, 1.807) is 0 Å². The summed E-state index contributed by atoms with van der Waals surface area (Å²) in [7, 11) is 0. The smallest absolute Gasteiger partial charge is 0.00763 e. The highest BCUT2D eigenvalue weighted by molar-refractivity contribution is 5.94. The Morgan fingerprint density at radius 3 is 2.53 bits per heavy atom. The van der Waals surface area contributed by atoms with Crippen molar-refractivity contribution in [1.29, 1.82) is 0 Å². The third-order valence-electron chi connectivity index (χ3n) is 3.47. The van der Waals surface area contributed by atoms with E-state index in [0.717, 1.165) is 13.0 Å². The van der Waals surface area contributed by atoms with Crippen LogP contribution in [0.1, 0.15) is 37.3 Å². The van der Waals surface area contributed by atoms with Gasteiger partial charge in [0.2, 0.25) is 0 Å². The molecule has 0 aliphatic heterocycles. The van der Waals surface area contributed by atoms with E-state index in [4.69, 9.17) is 5.73 Å². The van der Waals surface area contributed by atoms with Crippen LogP contribution >= 0.6 is 0 Å². The Bertz CT molecular complexity index is 545. The van der Waals surface area contributed by atoms with Crippen LogP contribution in [0.15, 0.2) is 42.5 Å². The Kier molecular flexibility index (Phi) is 5.17. The molecule has 2 aromatic carbocycles. The van der Waals surface area contributed by atoms with E-state index in [9.17, 15) is 0 Å². The van der Waals surface area contributed by atoms with Crippen LogP contribution < -0.4 is 5.73 Å². The Labute approximate surface area is 116 Å². The fourth-order valence-corrected chi connectivity index (χ4v) is 2.47. The summed E-state index contributed by atoms with van der Waals surface area (Å²) < 4.78 is 0. The molecule has 0 radical (unpaired) electrons. The summed E-state index contributed by atoms with van der Waals surface area (Å²) in [6.45, 7) is 3.03. The fraction of sp³-hybridized carbons (Fsp3) is 0.333. The van der Waals surface area contributed by atoms with Crippen LogP contribution in [0.25, 0.3) is 16.8 Å². The van der Waals surface area contributed by atoms with Crippen molar-refractivity contribution in [1.82, 2.24) is 0 Å². The van der Waals surface area contributed by atoms with Crippen LogP contribution in [0, 0.1) is 0 Å². The van der Waals surface area contributed by atoms with Gasteiger partial charge in [0.1, 0.15) is 0 Å². The van der Waals surface area contributed by atoms with Gasteiger partial charge in [-0.05, 0) is 41.3 Å². The van der Waals surface area contributed by atoms with Crippen molar-refractivity contribution in [2.24, 2.45) is 5.73 Å². The second-order valence-electron chi connectivity index (χ2n) is 4.96. The van der Waals surface area contributed by atoms with Gasteiger partial charge in [-0.15, -0.1) is 0 Å². The van der Waals surface area contributed by atoms with Crippen molar-refractivity contribution in [2.45, 2.75) is 32.6 Å². The molecule has 2 N–H and O–H groups in total. The second kappa shape index (κ2) is 7.10. The molecule has 0 fully saturated rings. The zero-order chi connectivity index (χ0) is 13.5. The van der Waals surface area contributed by atoms with Gasteiger partial charge in [-0.1, -0.05) is 68.3 Å². The highest BCUT2D eigenvalue weighted by Crippen LogP contribution is 2.27. The molecule has 19 heavy (non-hydrogen) atoms. The molecule has 1 aliphatic rings. The number of benzene rings is 2. The van der Waals surface area contributed by atoms with Crippen molar-refractivity contribution in [3.05, 3.63) is 53.6 Å². The van der Waals surface area contributed by atoms with E-state index in [2.05, 4.69) is 55.5 Å². The summed E-state index contributed by atoms with van der Waals surface area (Å²) in [5.41, 5.74) is 8.03. The van der Waals surface area contributed by atoms with Gasteiger partial charge in [0, 0.05) is 0 Å². The summed E-state index contributed by atoms with van der Waals surface area (Å²) in [5, 5.41) is 2.80. The minimum absolute atomic E-state index is 0.855. The molecule has 1 aliphatic carbocycles. The molecule has 100 valence electrons. The zero-order valence-corrected chi connectivity index (χ0v) is 11.7. The molecular formula is C18H23N. The lowest BCUT2D eigenvalue weighted by Gasteiger charge is -2.11. The monoisotopic (exact) mass is 253 g/mol.